The van der Waals surface area contributed by atoms with Gasteiger partial charge in [0.25, 0.3) is 0 Å². The number of ether oxygens (including phenoxy) is 4. The molecule has 0 spiro atoms. The molecule has 3 aliphatic heterocycles. The second kappa shape index (κ2) is 29.0. The molecule has 1 saturated carbocycles. The Bertz CT molecular complexity index is 3900. The van der Waals surface area contributed by atoms with Crippen LogP contribution < -0.4 is 35.5 Å². The lowest BCUT2D eigenvalue weighted by Gasteiger charge is -2.50. The fraction of sp³-hybridized carbons (Fsp3) is 0.468. The summed E-state index contributed by atoms with van der Waals surface area (Å²) in [6, 6.07) is 34.9. The predicted octanol–water partition coefficient (Wildman–Crippen LogP) is 11.1. The highest BCUT2D eigenvalue weighted by molar-refractivity contribution is 5.90. The van der Waals surface area contributed by atoms with Gasteiger partial charge < -0.3 is 65.2 Å². The van der Waals surface area contributed by atoms with Gasteiger partial charge in [-0.2, -0.15) is 0 Å². The van der Waals surface area contributed by atoms with Crippen LogP contribution in [0.25, 0.3) is 28.1 Å². The normalized spacial score (nSPS) is 22.7. The minimum Gasteiger partial charge on any atom is -0.507 e. The Hall–Kier alpha value is -7.20. The van der Waals surface area contributed by atoms with Crippen LogP contribution in [0.4, 0.5) is 0 Å². The van der Waals surface area contributed by atoms with Crippen molar-refractivity contribution in [1.29, 1.82) is 0 Å². The molecule has 7 aromatic rings. The molecule has 1 aromatic heterocycles. The molecule has 94 heavy (non-hydrogen) atoms. The molecule has 6 aliphatic rings. The number of rotatable bonds is 25. The third-order valence-electron chi connectivity index (χ3n) is 20.7. The second-order valence-electron chi connectivity index (χ2n) is 28.0. The first-order valence-electron chi connectivity index (χ1n) is 34.7. The molecule has 4 heterocycles. The van der Waals surface area contributed by atoms with E-state index in [-0.39, 0.29) is 80.7 Å². The summed E-state index contributed by atoms with van der Waals surface area (Å²) in [6.07, 6.45) is 13.6. The minimum absolute atomic E-state index is 0.00728. The minimum atomic E-state index is -1.35. The summed E-state index contributed by atoms with van der Waals surface area (Å²) in [7, 11) is 0. The van der Waals surface area contributed by atoms with Crippen molar-refractivity contribution in [2.75, 3.05) is 52.9 Å². The van der Waals surface area contributed by atoms with Crippen LogP contribution in [0.1, 0.15) is 158 Å². The van der Waals surface area contributed by atoms with Crippen molar-refractivity contribution >= 4 is 17.0 Å². The van der Waals surface area contributed by atoms with Crippen LogP contribution in [0.3, 0.4) is 0 Å². The number of aromatic nitrogens is 1. The number of aliphatic hydroxyl groups excluding tert-OH is 3. The Morgan fingerprint density at radius 1 is 0.766 bits per heavy atom. The molecule has 13 rings (SSSR count). The summed E-state index contributed by atoms with van der Waals surface area (Å²) < 4.78 is 29.8. The molecule has 6 aromatic carbocycles. The number of aromatic hydroxyl groups is 2. The molecule has 2 bridgehead atoms. The van der Waals surface area contributed by atoms with E-state index in [1.807, 2.05) is 49.5 Å². The number of fused-ring (bicyclic) bond motifs is 12. The number of phenolic OH excluding ortho intramolecular Hbond substituents is 2. The van der Waals surface area contributed by atoms with Gasteiger partial charge in [0.2, 0.25) is 0 Å². The lowest BCUT2D eigenvalue weighted by atomic mass is 9.62. The van der Waals surface area contributed by atoms with Gasteiger partial charge in [0.05, 0.1) is 25.5 Å². The van der Waals surface area contributed by atoms with E-state index in [1.165, 1.54) is 23.1 Å². The molecule has 8 unspecified atom stereocenters. The van der Waals surface area contributed by atoms with Gasteiger partial charge in [0.15, 0.2) is 17.6 Å². The third-order valence-corrected chi connectivity index (χ3v) is 20.7. The lowest BCUT2D eigenvalue weighted by Crippen LogP contribution is -2.62. The SMILES string of the molecule is CC(C)CC(C)(O)CNCNC1C#CCC(CO)Oc2cc(cc(CCc3ccccc3CCO)c2O)C2Oc3c(c4c(c5c3CCC(CO)O5)-c3ccc(O)c5c3C(C4)C(c3ccc4[nH]ccc4c3)C(CNCCCc3ccccc3)=C5)CC12OCNC1CCCCC1. The number of nitrogens with one attached hydrogen (secondary N) is 5. The number of aryl methyl sites for hydroxylation is 3. The van der Waals surface area contributed by atoms with Gasteiger partial charge in [0.1, 0.15) is 41.1 Å². The zero-order valence-electron chi connectivity index (χ0n) is 54.9. The van der Waals surface area contributed by atoms with Gasteiger partial charge in [-0.3, -0.25) is 10.6 Å². The lowest BCUT2D eigenvalue weighted by molar-refractivity contribution is -0.144. The Labute approximate surface area is 553 Å². The van der Waals surface area contributed by atoms with E-state index in [9.17, 15) is 30.6 Å². The molecule has 15 heteroatoms. The van der Waals surface area contributed by atoms with Crippen molar-refractivity contribution < 1.29 is 49.6 Å². The molecule has 0 saturated heterocycles. The summed E-state index contributed by atoms with van der Waals surface area (Å²) in [5.74, 6) is 8.91. The number of phenols is 2. The number of H-pyrrole nitrogens is 1. The first kappa shape index (κ1) is 65.5. The number of aliphatic hydroxyl groups is 4. The third kappa shape index (κ3) is 13.8. The highest BCUT2D eigenvalue weighted by Gasteiger charge is 2.55. The molecule has 1 fully saturated rings. The van der Waals surface area contributed by atoms with Crippen LogP contribution >= 0.6 is 0 Å². The maximum absolute atomic E-state index is 12.5. The maximum Gasteiger partial charge on any atom is 0.162 e. The van der Waals surface area contributed by atoms with Gasteiger partial charge >= 0.3 is 0 Å². The van der Waals surface area contributed by atoms with E-state index < -0.39 is 35.6 Å². The summed E-state index contributed by atoms with van der Waals surface area (Å²) >= 11 is 0. The first-order chi connectivity index (χ1) is 45.8. The number of aromatic amines is 1. The van der Waals surface area contributed by atoms with Crippen LogP contribution in [0, 0.1) is 17.8 Å². The summed E-state index contributed by atoms with van der Waals surface area (Å²) in [6.45, 7) is 7.72. The second-order valence-corrected chi connectivity index (χ2v) is 28.0. The van der Waals surface area contributed by atoms with Crippen molar-refractivity contribution in [2.24, 2.45) is 5.92 Å². The monoisotopic (exact) mass is 1270 g/mol. The smallest absolute Gasteiger partial charge is 0.162 e. The Morgan fingerprint density at radius 3 is 2.36 bits per heavy atom. The van der Waals surface area contributed by atoms with Gasteiger partial charge in [-0.25, -0.2) is 0 Å². The largest absolute Gasteiger partial charge is 0.507 e. The molecule has 496 valence electrons. The van der Waals surface area contributed by atoms with Gasteiger partial charge in [-0.15, -0.1) is 0 Å². The van der Waals surface area contributed by atoms with E-state index in [2.05, 4.69) is 125 Å². The van der Waals surface area contributed by atoms with E-state index in [4.69, 9.17) is 18.9 Å². The van der Waals surface area contributed by atoms with E-state index in [0.717, 1.165) is 106 Å². The molecule has 0 radical (unpaired) electrons. The zero-order chi connectivity index (χ0) is 64.9. The summed E-state index contributed by atoms with van der Waals surface area (Å²) in [4.78, 5) is 3.43. The summed E-state index contributed by atoms with van der Waals surface area (Å²) in [5.41, 5.74) is 12.5. The van der Waals surface area contributed by atoms with Crippen LogP contribution in [0.5, 0.6) is 28.7 Å². The van der Waals surface area contributed by atoms with Crippen molar-refractivity contribution in [3.05, 3.63) is 176 Å². The number of benzene rings is 6. The average Bonchev–Trinajstić information content (AvgIpc) is 0.698. The van der Waals surface area contributed by atoms with Crippen molar-refractivity contribution in [2.45, 2.75) is 177 Å². The standard InChI is InChI=1S/C79H95N5O10/c1-49(2)41-78(3,90)46-81-47-83-70-22-12-21-59(44-86)92-69-39-56(37-55(74(69)89)24-23-51-17-10-11-18-52(51)32-35-85)77-79(70,91-48-84-58-19-8-5-9-20-58)42-66-63-40-65-71(54-25-29-67-53(36-54)31-34-82-67)57(43-80-33-13-16-50-14-6-4-7-15-50)38-64-68(88)30-28-61(72(64)65)73(63)76-62(75(66)94-77)27-26-60(45-87)93-76/h4,6-7,10-11,14-15,17-18,25,28-31,34,36-39,49,58-60,65,70-71,77,80-90H,5,8-9,13,16,19-21,23-24,26-27,32-33,35,40-48H2,1-3H3. The maximum atomic E-state index is 12.5. The number of hydrogen-bond acceptors (Lipinski definition) is 14. The Morgan fingerprint density at radius 2 is 1.56 bits per heavy atom. The highest BCUT2D eigenvalue weighted by Crippen LogP contribution is 2.62. The molecule has 11 N–H and O–H groups in total. The average molecular weight is 1270 g/mol. The molecule has 3 aliphatic carbocycles. The zero-order valence-corrected chi connectivity index (χ0v) is 54.9. The molecule has 15 nitrogen and oxygen atoms in total. The van der Waals surface area contributed by atoms with E-state index in [0.29, 0.717) is 87.1 Å². The Balaban J connectivity index is 1.000. The van der Waals surface area contributed by atoms with Crippen LogP contribution in [-0.2, 0) is 49.7 Å². The van der Waals surface area contributed by atoms with Crippen molar-refractivity contribution in [1.82, 2.24) is 26.3 Å². The predicted molar refractivity (Wildman–Crippen MR) is 369 cm³/mol. The van der Waals surface area contributed by atoms with Crippen molar-refractivity contribution in [3.8, 4) is 51.7 Å². The van der Waals surface area contributed by atoms with Gasteiger partial charge in [0, 0.05) is 85.1 Å². The molecule has 8 atom stereocenters. The van der Waals surface area contributed by atoms with Crippen molar-refractivity contribution in [3.63, 3.8) is 0 Å². The fourth-order valence-electron chi connectivity index (χ4n) is 16.4. The topological polar surface area (TPSA) is 222 Å². The quantitative estimate of drug-likeness (QED) is 0.0146. The van der Waals surface area contributed by atoms with Crippen LogP contribution in [0.15, 0.2) is 115 Å². The Kier molecular flexibility index (Phi) is 20.2. The number of hydrogen-bond donors (Lipinski definition) is 11. The van der Waals surface area contributed by atoms with E-state index in [1.54, 1.807) is 0 Å². The molecular weight excluding hydrogens is 1180 g/mol. The fourth-order valence-corrected chi connectivity index (χ4v) is 16.4. The molecular formula is C79H95N5O10. The van der Waals surface area contributed by atoms with Gasteiger partial charge in [-0.1, -0.05) is 112 Å². The first-order valence-corrected chi connectivity index (χ1v) is 34.7. The molecule has 0 amide bonds. The summed E-state index contributed by atoms with van der Waals surface area (Å²) in [5, 5.41) is 84.9. The van der Waals surface area contributed by atoms with E-state index >= 15 is 0 Å². The van der Waals surface area contributed by atoms with Crippen LogP contribution in [-0.4, -0.2) is 124 Å². The highest BCUT2D eigenvalue weighted by atomic mass is 16.6. The van der Waals surface area contributed by atoms with Gasteiger partial charge in [-0.05, 0) is 199 Å². The van der Waals surface area contributed by atoms with Crippen LogP contribution in [0.2, 0.25) is 0 Å².